The van der Waals surface area contributed by atoms with Crippen molar-refractivity contribution >= 4 is 29.1 Å². The van der Waals surface area contributed by atoms with Crippen LogP contribution in [0.3, 0.4) is 0 Å². The van der Waals surface area contributed by atoms with E-state index in [1.54, 1.807) is 24.3 Å². The number of rotatable bonds is 3. The Labute approximate surface area is 159 Å². The summed E-state index contributed by atoms with van der Waals surface area (Å²) in [6.07, 6.45) is 3.20. The zero-order chi connectivity index (χ0) is 18.5. The average molecular weight is 371 g/mol. The van der Waals surface area contributed by atoms with Gasteiger partial charge in [-0.15, -0.1) is 0 Å². The van der Waals surface area contributed by atoms with Crippen LogP contribution in [0.25, 0.3) is 0 Å². The van der Waals surface area contributed by atoms with Crippen molar-refractivity contribution in [1.29, 1.82) is 0 Å². The lowest BCUT2D eigenvalue weighted by atomic mass is 9.94. The summed E-state index contributed by atoms with van der Waals surface area (Å²) in [5, 5.41) is 3.45. The van der Waals surface area contributed by atoms with Crippen LogP contribution in [-0.4, -0.2) is 29.8 Å². The first-order valence-electron chi connectivity index (χ1n) is 8.95. The fourth-order valence-electron chi connectivity index (χ4n) is 3.42. The zero-order valence-electron chi connectivity index (χ0n) is 14.9. The minimum atomic E-state index is -0.123. The highest BCUT2D eigenvalue weighted by molar-refractivity contribution is 6.30. The number of hydrogen-bond donors (Lipinski definition) is 1. The Hall–Kier alpha value is -2.33. The van der Waals surface area contributed by atoms with E-state index in [-0.39, 0.29) is 11.8 Å². The van der Waals surface area contributed by atoms with Crippen molar-refractivity contribution in [1.82, 2.24) is 4.90 Å². The van der Waals surface area contributed by atoms with Crippen molar-refractivity contribution in [3.05, 3.63) is 64.7 Å². The third-order valence-corrected chi connectivity index (χ3v) is 5.00. The van der Waals surface area contributed by atoms with Crippen LogP contribution in [0.1, 0.15) is 48.0 Å². The number of anilines is 1. The number of likely N-dealkylation sites (tertiary alicyclic amines) is 1. The van der Waals surface area contributed by atoms with E-state index in [1.165, 1.54) is 12.5 Å². The second-order valence-corrected chi connectivity index (χ2v) is 7.19. The zero-order valence-corrected chi connectivity index (χ0v) is 15.6. The SMILES string of the molecule is CC(=O)Nc1ccc(C(=O)N2CCCC[C@H](c3ccc(Cl)cc3)C2)cc1. The van der Waals surface area contributed by atoms with Gasteiger partial charge in [-0.05, 0) is 54.8 Å². The maximum absolute atomic E-state index is 12.9. The number of halogens is 1. The van der Waals surface area contributed by atoms with E-state index < -0.39 is 0 Å². The van der Waals surface area contributed by atoms with Crippen molar-refractivity contribution in [3.63, 3.8) is 0 Å². The number of nitrogens with zero attached hydrogens (tertiary/aromatic N) is 1. The van der Waals surface area contributed by atoms with Gasteiger partial charge in [-0.2, -0.15) is 0 Å². The molecule has 1 saturated heterocycles. The molecular formula is C21H23ClN2O2. The Balaban J connectivity index is 1.73. The van der Waals surface area contributed by atoms with Gasteiger partial charge in [0.25, 0.3) is 5.91 Å². The van der Waals surface area contributed by atoms with Crippen molar-refractivity contribution < 1.29 is 9.59 Å². The molecule has 1 fully saturated rings. The van der Waals surface area contributed by atoms with E-state index in [1.807, 2.05) is 17.0 Å². The molecule has 1 aliphatic heterocycles. The summed E-state index contributed by atoms with van der Waals surface area (Å²) in [6, 6.07) is 15.0. The van der Waals surface area contributed by atoms with Crippen molar-refractivity contribution in [3.8, 4) is 0 Å². The first-order chi connectivity index (χ1) is 12.5. The normalized spacial score (nSPS) is 17.5. The fourth-order valence-corrected chi connectivity index (χ4v) is 3.54. The Morgan fingerprint density at radius 2 is 1.73 bits per heavy atom. The van der Waals surface area contributed by atoms with Crippen LogP contribution in [-0.2, 0) is 4.79 Å². The molecule has 3 rings (SSSR count). The highest BCUT2D eigenvalue weighted by Crippen LogP contribution is 2.28. The third-order valence-electron chi connectivity index (χ3n) is 4.75. The Kier molecular flexibility index (Phi) is 5.94. The molecule has 26 heavy (non-hydrogen) atoms. The smallest absolute Gasteiger partial charge is 0.253 e. The summed E-state index contributed by atoms with van der Waals surface area (Å²) in [5.74, 6) is 0.250. The van der Waals surface area contributed by atoms with Crippen molar-refractivity contribution in [2.24, 2.45) is 0 Å². The molecule has 0 aliphatic carbocycles. The summed E-state index contributed by atoms with van der Waals surface area (Å²) in [7, 11) is 0. The van der Waals surface area contributed by atoms with Gasteiger partial charge in [-0.1, -0.05) is 30.2 Å². The molecule has 2 aromatic rings. The lowest BCUT2D eigenvalue weighted by Gasteiger charge is -2.25. The Bertz CT molecular complexity index is 772. The van der Waals surface area contributed by atoms with E-state index in [2.05, 4.69) is 17.4 Å². The molecule has 2 amide bonds. The number of hydrogen-bond acceptors (Lipinski definition) is 2. The predicted octanol–water partition coefficient (Wildman–Crippen LogP) is 4.71. The number of amides is 2. The standard InChI is InChI=1S/C21H23ClN2O2/c1-15(25)23-20-11-7-17(8-12-20)21(26)24-13-3-2-4-18(14-24)16-5-9-19(22)10-6-16/h5-12,18H,2-4,13-14H2,1H3,(H,23,25)/t18-/m0/s1. The molecule has 0 aromatic heterocycles. The van der Waals surface area contributed by atoms with Crippen LogP contribution in [0.2, 0.25) is 5.02 Å². The maximum atomic E-state index is 12.9. The first kappa shape index (κ1) is 18.5. The van der Waals surface area contributed by atoms with Crippen LogP contribution in [0.4, 0.5) is 5.69 Å². The molecule has 5 heteroatoms. The van der Waals surface area contributed by atoms with Crippen LogP contribution in [0.15, 0.2) is 48.5 Å². The lowest BCUT2D eigenvalue weighted by molar-refractivity contribution is -0.114. The third kappa shape index (κ3) is 4.64. The molecule has 0 saturated carbocycles. The molecular weight excluding hydrogens is 348 g/mol. The van der Waals surface area contributed by atoms with Gasteiger partial charge in [0.15, 0.2) is 0 Å². The second-order valence-electron chi connectivity index (χ2n) is 6.75. The topological polar surface area (TPSA) is 49.4 Å². The van der Waals surface area contributed by atoms with Crippen molar-refractivity contribution in [2.75, 3.05) is 18.4 Å². The van der Waals surface area contributed by atoms with Gasteiger partial charge in [0.1, 0.15) is 0 Å². The molecule has 2 aromatic carbocycles. The van der Waals surface area contributed by atoms with E-state index in [0.717, 1.165) is 30.8 Å². The molecule has 136 valence electrons. The molecule has 0 radical (unpaired) electrons. The highest BCUT2D eigenvalue weighted by atomic mass is 35.5. The number of benzene rings is 2. The molecule has 0 unspecified atom stereocenters. The van der Waals surface area contributed by atoms with E-state index in [9.17, 15) is 9.59 Å². The maximum Gasteiger partial charge on any atom is 0.253 e. The lowest BCUT2D eigenvalue weighted by Crippen LogP contribution is -2.34. The van der Waals surface area contributed by atoms with Gasteiger partial charge in [0.2, 0.25) is 5.91 Å². The summed E-state index contributed by atoms with van der Waals surface area (Å²) >= 11 is 6.00. The molecule has 0 bridgehead atoms. The van der Waals surface area contributed by atoms with Gasteiger partial charge < -0.3 is 10.2 Å². The number of carbonyl (C=O) groups excluding carboxylic acids is 2. The first-order valence-corrected chi connectivity index (χ1v) is 9.33. The molecule has 1 heterocycles. The Morgan fingerprint density at radius 3 is 2.38 bits per heavy atom. The monoisotopic (exact) mass is 370 g/mol. The van der Waals surface area contributed by atoms with E-state index in [0.29, 0.717) is 23.7 Å². The summed E-state index contributed by atoms with van der Waals surface area (Å²) in [5.41, 5.74) is 2.58. The second kappa shape index (κ2) is 8.37. The highest BCUT2D eigenvalue weighted by Gasteiger charge is 2.24. The number of carbonyl (C=O) groups is 2. The summed E-state index contributed by atoms with van der Waals surface area (Å²) < 4.78 is 0. The quantitative estimate of drug-likeness (QED) is 0.850. The van der Waals surface area contributed by atoms with Crippen LogP contribution in [0, 0.1) is 0 Å². The Morgan fingerprint density at radius 1 is 1.04 bits per heavy atom. The molecule has 0 spiro atoms. The van der Waals surface area contributed by atoms with Gasteiger partial charge in [0, 0.05) is 42.2 Å². The predicted molar refractivity (Wildman–Crippen MR) is 105 cm³/mol. The average Bonchev–Trinajstić information content (AvgIpc) is 2.88. The van der Waals surface area contributed by atoms with Crippen LogP contribution >= 0.6 is 11.6 Å². The molecule has 1 atom stereocenters. The van der Waals surface area contributed by atoms with Gasteiger partial charge >= 0.3 is 0 Å². The summed E-state index contributed by atoms with van der Waals surface area (Å²) in [4.78, 5) is 26.0. The van der Waals surface area contributed by atoms with E-state index in [4.69, 9.17) is 11.6 Å². The largest absolute Gasteiger partial charge is 0.338 e. The van der Waals surface area contributed by atoms with Crippen LogP contribution in [0.5, 0.6) is 0 Å². The molecule has 1 N–H and O–H groups in total. The van der Waals surface area contributed by atoms with Crippen molar-refractivity contribution in [2.45, 2.75) is 32.1 Å². The van der Waals surface area contributed by atoms with Gasteiger partial charge in [-0.3, -0.25) is 9.59 Å². The summed E-state index contributed by atoms with van der Waals surface area (Å²) in [6.45, 7) is 2.96. The van der Waals surface area contributed by atoms with Gasteiger partial charge in [0.05, 0.1) is 0 Å². The fraction of sp³-hybridized carbons (Fsp3) is 0.333. The van der Waals surface area contributed by atoms with E-state index >= 15 is 0 Å². The van der Waals surface area contributed by atoms with Gasteiger partial charge in [-0.25, -0.2) is 0 Å². The molecule has 4 nitrogen and oxygen atoms in total. The molecule has 1 aliphatic rings. The number of nitrogens with one attached hydrogen (secondary N) is 1. The minimum absolute atomic E-state index is 0.0419. The van der Waals surface area contributed by atoms with Crippen LogP contribution < -0.4 is 5.32 Å². The minimum Gasteiger partial charge on any atom is -0.338 e.